The van der Waals surface area contributed by atoms with Crippen molar-refractivity contribution in [2.24, 2.45) is 0 Å². The van der Waals surface area contributed by atoms with E-state index in [-0.39, 0.29) is 17.4 Å². The van der Waals surface area contributed by atoms with E-state index in [1.807, 2.05) is 12.1 Å². The third-order valence-corrected chi connectivity index (χ3v) is 4.87. The third-order valence-electron chi connectivity index (χ3n) is 4.87. The second-order valence-electron chi connectivity index (χ2n) is 7.29. The summed E-state index contributed by atoms with van der Waals surface area (Å²) >= 11 is 0. The van der Waals surface area contributed by atoms with E-state index in [1.54, 1.807) is 39.4 Å². The Hall–Kier alpha value is -3.88. The highest BCUT2D eigenvalue weighted by molar-refractivity contribution is 6.01. The molecule has 2 aromatic heterocycles. The number of amides is 1. The number of benzene rings is 1. The normalized spacial score (nSPS) is 13.4. The number of hydrogen-bond acceptors (Lipinski definition) is 6. The van der Waals surface area contributed by atoms with Crippen molar-refractivity contribution >= 4 is 17.8 Å². The summed E-state index contributed by atoms with van der Waals surface area (Å²) in [5, 5.41) is 7.38. The zero-order chi connectivity index (χ0) is 22.0. The number of anilines is 1. The van der Waals surface area contributed by atoms with Crippen LogP contribution in [0.4, 0.5) is 5.82 Å². The van der Waals surface area contributed by atoms with Crippen molar-refractivity contribution in [3.8, 4) is 17.4 Å². The predicted octanol–water partition coefficient (Wildman–Crippen LogP) is 2.81. The maximum absolute atomic E-state index is 12.6. The molecule has 2 heterocycles. The molecule has 2 N–H and O–H groups in total. The van der Waals surface area contributed by atoms with E-state index >= 15 is 0 Å². The molecule has 160 valence electrons. The smallest absolute Gasteiger partial charge is 0.252 e. The van der Waals surface area contributed by atoms with Gasteiger partial charge in [-0.15, -0.1) is 0 Å². The fraction of sp³-hybridized carbons (Fsp3) is 0.273. The van der Waals surface area contributed by atoms with E-state index in [2.05, 4.69) is 20.4 Å². The Bertz CT molecular complexity index is 1210. The summed E-state index contributed by atoms with van der Waals surface area (Å²) in [6, 6.07) is 8.59. The molecule has 0 radical (unpaired) electrons. The number of ether oxygens (including phenoxy) is 2. The van der Waals surface area contributed by atoms with Crippen molar-refractivity contribution in [1.29, 1.82) is 0 Å². The summed E-state index contributed by atoms with van der Waals surface area (Å²) in [6.45, 7) is 1.73. The van der Waals surface area contributed by atoms with Crippen molar-refractivity contribution in [3.63, 3.8) is 0 Å². The van der Waals surface area contributed by atoms with Crippen molar-refractivity contribution in [1.82, 2.24) is 19.7 Å². The molecule has 1 aliphatic rings. The Morgan fingerprint density at radius 3 is 2.65 bits per heavy atom. The predicted molar refractivity (Wildman–Crippen MR) is 116 cm³/mol. The lowest BCUT2D eigenvalue weighted by Crippen LogP contribution is -2.17. The van der Waals surface area contributed by atoms with Gasteiger partial charge < -0.3 is 14.8 Å². The maximum atomic E-state index is 12.6. The van der Waals surface area contributed by atoms with Crippen LogP contribution in [0.2, 0.25) is 0 Å². The number of nitrogens with zero attached hydrogens (tertiary/aromatic N) is 3. The molecule has 0 bridgehead atoms. The molecule has 9 heteroatoms. The average molecular weight is 421 g/mol. The number of aromatic amines is 1. The first-order valence-electron chi connectivity index (χ1n) is 9.86. The van der Waals surface area contributed by atoms with Crippen molar-refractivity contribution in [2.75, 3.05) is 19.5 Å². The summed E-state index contributed by atoms with van der Waals surface area (Å²) in [6.07, 6.45) is 5.21. The van der Waals surface area contributed by atoms with Gasteiger partial charge in [-0.1, -0.05) is 6.07 Å². The molecule has 1 saturated carbocycles. The Morgan fingerprint density at radius 2 is 1.97 bits per heavy atom. The van der Waals surface area contributed by atoms with Crippen LogP contribution in [0.5, 0.6) is 11.5 Å². The van der Waals surface area contributed by atoms with E-state index in [4.69, 9.17) is 9.47 Å². The van der Waals surface area contributed by atoms with E-state index < -0.39 is 0 Å². The minimum absolute atomic E-state index is 0.260. The van der Waals surface area contributed by atoms with E-state index in [1.165, 1.54) is 16.8 Å². The summed E-state index contributed by atoms with van der Waals surface area (Å²) in [5.74, 6) is 1.92. The Kier molecular flexibility index (Phi) is 5.57. The van der Waals surface area contributed by atoms with Crippen LogP contribution in [0.3, 0.4) is 0 Å². The molecule has 1 fully saturated rings. The molecular weight excluding hydrogens is 398 g/mol. The first-order chi connectivity index (χ1) is 15.0. The molecule has 0 saturated heterocycles. The van der Waals surface area contributed by atoms with Crippen LogP contribution in [-0.2, 0) is 4.79 Å². The largest absolute Gasteiger partial charge is 0.493 e. The SMILES string of the molecule is COc1ccc(/C=C\C(=O)Nc2cc(C3CC3)nn2-c2nc(C)cc(=O)[nH]2)cc1OC. The Morgan fingerprint density at radius 1 is 1.19 bits per heavy atom. The second kappa shape index (κ2) is 8.47. The van der Waals surface area contributed by atoms with Gasteiger partial charge in [-0.25, -0.2) is 4.98 Å². The fourth-order valence-corrected chi connectivity index (χ4v) is 3.19. The third kappa shape index (κ3) is 4.66. The molecule has 1 aromatic carbocycles. The molecule has 9 nitrogen and oxygen atoms in total. The van der Waals surface area contributed by atoms with Crippen LogP contribution < -0.4 is 20.3 Å². The van der Waals surface area contributed by atoms with Crippen LogP contribution >= 0.6 is 0 Å². The zero-order valence-corrected chi connectivity index (χ0v) is 17.5. The molecule has 1 amide bonds. The van der Waals surface area contributed by atoms with Gasteiger partial charge in [0.05, 0.1) is 19.9 Å². The maximum Gasteiger partial charge on any atom is 0.252 e. The average Bonchev–Trinajstić information content (AvgIpc) is 3.52. The molecule has 0 spiro atoms. The number of rotatable bonds is 7. The summed E-state index contributed by atoms with van der Waals surface area (Å²) in [4.78, 5) is 31.5. The minimum Gasteiger partial charge on any atom is -0.493 e. The Labute approximate surface area is 178 Å². The summed E-state index contributed by atoms with van der Waals surface area (Å²) in [7, 11) is 3.12. The minimum atomic E-state index is -0.340. The molecular formula is C22H23N5O4. The molecule has 3 aromatic rings. The summed E-state index contributed by atoms with van der Waals surface area (Å²) < 4.78 is 12.0. The van der Waals surface area contributed by atoms with Gasteiger partial charge >= 0.3 is 0 Å². The van der Waals surface area contributed by atoms with Crippen molar-refractivity contribution < 1.29 is 14.3 Å². The molecule has 0 aliphatic heterocycles. The highest BCUT2D eigenvalue weighted by Gasteiger charge is 2.28. The lowest BCUT2D eigenvalue weighted by Gasteiger charge is -2.08. The van der Waals surface area contributed by atoms with E-state index in [0.717, 1.165) is 24.1 Å². The zero-order valence-electron chi connectivity index (χ0n) is 17.5. The number of carbonyl (C=O) groups excluding carboxylic acids is 1. The quantitative estimate of drug-likeness (QED) is 0.568. The number of aromatic nitrogens is 4. The number of nitrogens with one attached hydrogen (secondary N) is 2. The van der Waals surface area contributed by atoms with Crippen LogP contribution in [0.25, 0.3) is 12.0 Å². The molecule has 31 heavy (non-hydrogen) atoms. The lowest BCUT2D eigenvalue weighted by atomic mass is 10.2. The van der Waals surface area contributed by atoms with Crippen LogP contribution in [-0.4, -0.2) is 39.9 Å². The van der Waals surface area contributed by atoms with Gasteiger partial charge in [0.2, 0.25) is 11.9 Å². The van der Waals surface area contributed by atoms with Crippen molar-refractivity contribution in [3.05, 3.63) is 63.7 Å². The van der Waals surface area contributed by atoms with Gasteiger partial charge in [0.1, 0.15) is 5.82 Å². The molecule has 1 aliphatic carbocycles. The molecule has 4 rings (SSSR count). The van der Waals surface area contributed by atoms with Gasteiger partial charge in [-0.3, -0.25) is 14.6 Å². The molecule has 0 unspecified atom stereocenters. The van der Waals surface area contributed by atoms with Gasteiger partial charge in [0.25, 0.3) is 5.56 Å². The second-order valence-corrected chi connectivity index (χ2v) is 7.29. The van der Waals surface area contributed by atoms with Crippen molar-refractivity contribution in [2.45, 2.75) is 25.7 Å². The van der Waals surface area contributed by atoms with Crippen LogP contribution in [0.15, 0.2) is 41.2 Å². The lowest BCUT2D eigenvalue weighted by molar-refractivity contribution is -0.111. The fourth-order valence-electron chi connectivity index (χ4n) is 3.19. The topological polar surface area (TPSA) is 111 Å². The van der Waals surface area contributed by atoms with Crippen LogP contribution in [0, 0.1) is 6.92 Å². The van der Waals surface area contributed by atoms with Gasteiger partial charge in [0, 0.05) is 29.8 Å². The van der Waals surface area contributed by atoms with Gasteiger partial charge in [0.15, 0.2) is 11.5 Å². The highest BCUT2D eigenvalue weighted by atomic mass is 16.5. The van der Waals surface area contributed by atoms with E-state index in [9.17, 15) is 9.59 Å². The number of methoxy groups -OCH3 is 2. The summed E-state index contributed by atoms with van der Waals surface area (Å²) in [5.41, 5.74) is 1.93. The number of aryl methyl sites for hydroxylation is 1. The first kappa shape index (κ1) is 20.4. The van der Waals surface area contributed by atoms with Gasteiger partial charge in [-0.05, 0) is 43.5 Å². The Balaban J connectivity index is 1.58. The van der Waals surface area contributed by atoms with Crippen LogP contribution in [0.1, 0.15) is 35.7 Å². The molecule has 0 atom stereocenters. The number of H-pyrrole nitrogens is 1. The number of carbonyl (C=O) groups is 1. The standard InChI is InChI=1S/C22H23N5O4/c1-13-10-21(29)25-22(23-13)27-19(12-16(26-27)15-6-7-15)24-20(28)9-5-14-4-8-17(30-2)18(11-14)31-3/h4-5,8-12,15H,6-7H2,1-3H3,(H,24,28)(H,23,25,29)/b9-5-. The number of hydrogen-bond donors (Lipinski definition) is 2. The monoisotopic (exact) mass is 421 g/mol. The first-order valence-corrected chi connectivity index (χ1v) is 9.86. The van der Waals surface area contributed by atoms with Gasteiger partial charge in [-0.2, -0.15) is 9.78 Å². The highest BCUT2D eigenvalue weighted by Crippen LogP contribution is 2.40. The van der Waals surface area contributed by atoms with E-state index in [0.29, 0.717) is 28.9 Å².